The van der Waals surface area contributed by atoms with Crippen LogP contribution in [-0.4, -0.2) is 46.6 Å². The lowest BCUT2D eigenvalue weighted by Gasteiger charge is -2.10. The molecule has 0 spiro atoms. The van der Waals surface area contributed by atoms with Gasteiger partial charge in [-0.15, -0.1) is 10.2 Å². The standard InChI is InChI=1S/C21H21Cl2N5O4S/c1-28-17(10-24-20(30)12-7-8-15(31-2)16(9-12)32-3)26-27-21(28)33-11-18(29)25-14-6-4-5-13(22)19(14)23/h4-9H,10-11H2,1-3H3,(H,24,30)(H,25,29). The normalized spacial score (nSPS) is 10.6. The van der Waals surface area contributed by atoms with Crippen LogP contribution in [0, 0.1) is 0 Å². The maximum atomic E-state index is 12.5. The molecule has 174 valence electrons. The number of nitrogens with zero attached hydrogens (tertiary/aromatic N) is 3. The Labute approximate surface area is 204 Å². The number of halogens is 2. The summed E-state index contributed by atoms with van der Waals surface area (Å²) >= 11 is 13.3. The van der Waals surface area contributed by atoms with Crippen molar-refractivity contribution in [2.24, 2.45) is 7.05 Å². The van der Waals surface area contributed by atoms with Gasteiger partial charge in [-0.2, -0.15) is 0 Å². The van der Waals surface area contributed by atoms with E-state index in [9.17, 15) is 9.59 Å². The maximum absolute atomic E-state index is 12.5. The number of anilines is 1. The van der Waals surface area contributed by atoms with Crippen LogP contribution in [-0.2, 0) is 18.4 Å². The number of hydrogen-bond donors (Lipinski definition) is 2. The number of methoxy groups -OCH3 is 2. The van der Waals surface area contributed by atoms with E-state index in [0.29, 0.717) is 38.8 Å². The van der Waals surface area contributed by atoms with Crippen molar-refractivity contribution in [3.63, 3.8) is 0 Å². The van der Waals surface area contributed by atoms with Gasteiger partial charge in [0.1, 0.15) is 0 Å². The van der Waals surface area contributed by atoms with Gasteiger partial charge < -0.3 is 24.7 Å². The highest BCUT2D eigenvalue weighted by atomic mass is 35.5. The molecule has 3 rings (SSSR count). The van der Waals surface area contributed by atoms with Crippen LogP contribution in [0.5, 0.6) is 11.5 Å². The first-order valence-corrected chi connectivity index (χ1v) is 11.3. The fraction of sp³-hybridized carbons (Fsp3) is 0.238. The third kappa shape index (κ3) is 6.10. The molecule has 2 N–H and O–H groups in total. The molecule has 0 saturated heterocycles. The third-order valence-corrected chi connectivity index (χ3v) is 6.38. The predicted octanol–water partition coefficient (Wildman–Crippen LogP) is 3.80. The topological polar surface area (TPSA) is 107 Å². The molecule has 0 aliphatic heterocycles. The summed E-state index contributed by atoms with van der Waals surface area (Å²) in [5.74, 6) is 1.05. The number of carbonyl (C=O) groups is 2. The van der Waals surface area contributed by atoms with Gasteiger partial charge in [0, 0.05) is 12.6 Å². The lowest BCUT2D eigenvalue weighted by atomic mass is 10.2. The number of aromatic nitrogens is 3. The molecular weight excluding hydrogens is 489 g/mol. The van der Waals surface area contributed by atoms with Gasteiger partial charge in [0.25, 0.3) is 5.91 Å². The van der Waals surface area contributed by atoms with Crippen LogP contribution in [0.2, 0.25) is 10.0 Å². The van der Waals surface area contributed by atoms with Gasteiger partial charge in [0.2, 0.25) is 5.91 Å². The van der Waals surface area contributed by atoms with Gasteiger partial charge >= 0.3 is 0 Å². The average molecular weight is 510 g/mol. The highest BCUT2D eigenvalue weighted by molar-refractivity contribution is 7.99. The fourth-order valence-electron chi connectivity index (χ4n) is 2.78. The number of hydrogen-bond acceptors (Lipinski definition) is 7. The summed E-state index contributed by atoms with van der Waals surface area (Å²) in [6.45, 7) is 0.154. The predicted molar refractivity (Wildman–Crippen MR) is 128 cm³/mol. The molecule has 0 unspecified atom stereocenters. The molecule has 2 amide bonds. The molecule has 1 aromatic heterocycles. The Morgan fingerprint density at radius 1 is 1.09 bits per heavy atom. The van der Waals surface area contributed by atoms with Crippen LogP contribution in [0.3, 0.4) is 0 Å². The molecule has 2 aromatic carbocycles. The second-order valence-corrected chi connectivity index (χ2v) is 8.38. The Hall–Kier alpha value is -2.95. The first kappa shape index (κ1) is 24.7. The van der Waals surface area contributed by atoms with Crippen LogP contribution in [0.4, 0.5) is 5.69 Å². The van der Waals surface area contributed by atoms with E-state index in [4.69, 9.17) is 32.7 Å². The minimum atomic E-state index is -0.300. The lowest BCUT2D eigenvalue weighted by molar-refractivity contribution is -0.113. The van der Waals surface area contributed by atoms with Crippen molar-refractivity contribution in [1.29, 1.82) is 0 Å². The summed E-state index contributed by atoms with van der Waals surface area (Å²) in [6, 6.07) is 9.89. The van der Waals surface area contributed by atoms with Gasteiger partial charge in [-0.3, -0.25) is 9.59 Å². The van der Waals surface area contributed by atoms with Gasteiger partial charge in [0.15, 0.2) is 22.5 Å². The molecular formula is C21H21Cl2N5O4S. The third-order valence-electron chi connectivity index (χ3n) is 4.54. The first-order valence-electron chi connectivity index (χ1n) is 9.59. The Balaban J connectivity index is 1.55. The van der Waals surface area contributed by atoms with Gasteiger partial charge in [0.05, 0.1) is 42.2 Å². The monoisotopic (exact) mass is 509 g/mol. The quantitative estimate of drug-likeness (QED) is 0.422. The van der Waals surface area contributed by atoms with E-state index in [1.165, 1.54) is 26.0 Å². The van der Waals surface area contributed by atoms with E-state index >= 15 is 0 Å². The summed E-state index contributed by atoms with van der Waals surface area (Å²) < 4.78 is 12.1. The van der Waals surface area contributed by atoms with E-state index < -0.39 is 0 Å². The molecule has 9 nitrogen and oxygen atoms in total. The molecule has 0 bridgehead atoms. The van der Waals surface area contributed by atoms with Crippen molar-refractivity contribution >= 4 is 52.5 Å². The number of nitrogens with one attached hydrogen (secondary N) is 2. The van der Waals surface area contributed by atoms with Gasteiger partial charge in [-0.05, 0) is 30.3 Å². The number of rotatable bonds is 9. The van der Waals surface area contributed by atoms with Crippen LogP contribution in [0.15, 0.2) is 41.6 Å². The molecule has 12 heteroatoms. The van der Waals surface area contributed by atoms with E-state index in [0.717, 1.165) is 0 Å². The highest BCUT2D eigenvalue weighted by Gasteiger charge is 2.15. The van der Waals surface area contributed by atoms with Gasteiger partial charge in [-0.25, -0.2) is 0 Å². The van der Waals surface area contributed by atoms with Crippen LogP contribution in [0.25, 0.3) is 0 Å². The molecule has 0 atom stereocenters. The molecule has 0 radical (unpaired) electrons. The Bertz CT molecular complexity index is 1170. The second kappa shape index (κ2) is 11.3. The van der Waals surface area contributed by atoms with E-state index in [-0.39, 0.29) is 29.1 Å². The number of benzene rings is 2. The van der Waals surface area contributed by atoms with Gasteiger partial charge in [-0.1, -0.05) is 41.0 Å². The minimum Gasteiger partial charge on any atom is -0.493 e. The smallest absolute Gasteiger partial charge is 0.251 e. The molecule has 0 saturated carbocycles. The van der Waals surface area contributed by atoms with Crippen molar-refractivity contribution in [2.45, 2.75) is 11.7 Å². The van der Waals surface area contributed by atoms with E-state index in [1.54, 1.807) is 48.0 Å². The fourth-order valence-corrected chi connectivity index (χ4v) is 3.86. The zero-order valence-corrected chi connectivity index (χ0v) is 20.3. The zero-order chi connectivity index (χ0) is 24.0. The zero-order valence-electron chi connectivity index (χ0n) is 18.0. The molecule has 1 heterocycles. The Morgan fingerprint density at radius 3 is 2.58 bits per heavy atom. The lowest BCUT2D eigenvalue weighted by Crippen LogP contribution is -2.24. The Kier molecular flexibility index (Phi) is 8.43. The summed E-state index contributed by atoms with van der Waals surface area (Å²) in [4.78, 5) is 24.8. The molecule has 3 aromatic rings. The largest absolute Gasteiger partial charge is 0.493 e. The number of thioether (sulfide) groups is 1. The van der Waals surface area contributed by atoms with E-state index in [2.05, 4.69) is 20.8 Å². The SMILES string of the molecule is COc1ccc(C(=O)NCc2nnc(SCC(=O)Nc3cccc(Cl)c3Cl)n2C)cc1OC. The molecule has 0 aliphatic carbocycles. The Morgan fingerprint density at radius 2 is 1.85 bits per heavy atom. The second-order valence-electron chi connectivity index (χ2n) is 6.65. The number of amides is 2. The summed E-state index contributed by atoms with van der Waals surface area (Å²) in [6.07, 6.45) is 0. The molecule has 33 heavy (non-hydrogen) atoms. The number of ether oxygens (including phenoxy) is 2. The maximum Gasteiger partial charge on any atom is 0.251 e. The van der Waals surface area contributed by atoms with Crippen LogP contribution in [0.1, 0.15) is 16.2 Å². The van der Waals surface area contributed by atoms with Crippen molar-refractivity contribution < 1.29 is 19.1 Å². The summed E-state index contributed by atoms with van der Waals surface area (Å²) in [7, 11) is 4.78. The average Bonchev–Trinajstić information content (AvgIpc) is 3.17. The molecule has 0 aliphatic rings. The van der Waals surface area contributed by atoms with Crippen molar-refractivity contribution in [1.82, 2.24) is 20.1 Å². The first-order chi connectivity index (χ1) is 15.8. The summed E-state index contributed by atoms with van der Waals surface area (Å²) in [5.41, 5.74) is 0.854. The minimum absolute atomic E-state index is 0.0901. The number of carbonyl (C=O) groups excluding carboxylic acids is 2. The van der Waals surface area contributed by atoms with Crippen molar-refractivity contribution in [3.05, 3.63) is 57.8 Å². The van der Waals surface area contributed by atoms with Crippen molar-refractivity contribution in [3.8, 4) is 11.5 Å². The van der Waals surface area contributed by atoms with Crippen LogP contribution >= 0.6 is 35.0 Å². The summed E-state index contributed by atoms with van der Waals surface area (Å²) in [5, 5.41) is 14.9. The highest BCUT2D eigenvalue weighted by Crippen LogP contribution is 2.30. The van der Waals surface area contributed by atoms with Crippen LogP contribution < -0.4 is 20.1 Å². The van der Waals surface area contributed by atoms with E-state index in [1.807, 2.05) is 0 Å². The molecule has 0 fully saturated rings. The van der Waals surface area contributed by atoms with Crippen molar-refractivity contribution in [2.75, 3.05) is 25.3 Å².